The van der Waals surface area contributed by atoms with E-state index in [0.29, 0.717) is 29.5 Å². The molecule has 5 amide bonds. The topological polar surface area (TPSA) is 287 Å². The summed E-state index contributed by atoms with van der Waals surface area (Å²) in [6, 6.07) is 2.76. The predicted octanol–water partition coefficient (Wildman–Crippen LogP) is 0.984. The van der Waals surface area contributed by atoms with Gasteiger partial charge in [0, 0.05) is 36.2 Å². The van der Waals surface area contributed by atoms with Crippen LogP contribution < -0.4 is 43.7 Å². The molecule has 18 heteroatoms. The number of aliphatic imine (C=N–C) groups is 1. The molecule has 10 N–H and O–H groups in total. The van der Waals surface area contributed by atoms with E-state index in [1.807, 2.05) is 0 Å². The molecule has 0 aliphatic rings. The highest BCUT2D eigenvalue weighted by Gasteiger charge is 2.32. The van der Waals surface area contributed by atoms with Crippen LogP contribution in [-0.2, 0) is 28.7 Å². The smallest absolute Gasteiger partial charge is 0.408 e. The summed E-state index contributed by atoms with van der Waals surface area (Å²) in [5.41, 5.74) is 10.8. The zero-order valence-corrected chi connectivity index (χ0v) is 30.3. The summed E-state index contributed by atoms with van der Waals surface area (Å²) >= 11 is 0. The molecule has 0 radical (unpaired) electrons. The molecule has 1 aromatic heterocycles. The van der Waals surface area contributed by atoms with E-state index in [1.54, 1.807) is 59.7 Å². The third kappa shape index (κ3) is 14.7. The number of nitrogens with two attached hydrogens (primary N) is 2. The lowest BCUT2D eigenvalue weighted by atomic mass is 9.97. The Balaban J connectivity index is 2.15. The third-order valence-electron chi connectivity index (χ3n) is 7.69. The van der Waals surface area contributed by atoms with Crippen molar-refractivity contribution in [2.75, 3.05) is 18.4 Å². The van der Waals surface area contributed by atoms with Gasteiger partial charge in [-0.1, -0.05) is 20.3 Å². The van der Waals surface area contributed by atoms with Gasteiger partial charge in [0.25, 0.3) is 0 Å². The summed E-state index contributed by atoms with van der Waals surface area (Å²) < 4.78 is 10.5. The molecule has 0 aliphatic carbocycles. The number of nitrogens with one attached hydrogen (secondary N) is 5. The molecule has 2 rings (SSSR count). The third-order valence-corrected chi connectivity index (χ3v) is 7.69. The molecule has 0 bridgehead atoms. The first-order valence-corrected chi connectivity index (χ1v) is 16.8. The second-order valence-electron chi connectivity index (χ2n) is 13.2. The number of amides is 5. The molecule has 2 aromatic rings. The fourth-order valence-electron chi connectivity index (χ4n) is 4.88. The van der Waals surface area contributed by atoms with Crippen LogP contribution in [0.15, 0.2) is 38.5 Å². The van der Waals surface area contributed by atoms with Crippen molar-refractivity contribution < 1.29 is 43.0 Å². The zero-order valence-electron chi connectivity index (χ0n) is 30.3. The second-order valence-corrected chi connectivity index (χ2v) is 13.2. The predicted molar refractivity (Wildman–Crippen MR) is 192 cm³/mol. The van der Waals surface area contributed by atoms with Crippen molar-refractivity contribution in [2.24, 2.45) is 22.4 Å². The SMILES string of the molecule is CC[C@H](C)[C@H](NC(=O)OC(C)(C)C)C(=O)N[C@@H](CCC(=O)O)C(=O)NCC(=O)NC(=O)[C@H](CCCN=C(N)N)Nc1ccc2c(C)cc(=O)oc2c1. The highest BCUT2D eigenvalue weighted by atomic mass is 16.6. The Morgan fingerprint density at radius 3 is 2.29 bits per heavy atom. The van der Waals surface area contributed by atoms with Crippen molar-refractivity contribution in [3.63, 3.8) is 0 Å². The van der Waals surface area contributed by atoms with E-state index in [1.165, 1.54) is 6.07 Å². The van der Waals surface area contributed by atoms with Crippen LogP contribution in [0.25, 0.3) is 11.0 Å². The molecule has 4 atom stereocenters. The van der Waals surface area contributed by atoms with Crippen molar-refractivity contribution in [2.45, 2.75) is 97.4 Å². The van der Waals surface area contributed by atoms with Crippen LogP contribution in [0.2, 0.25) is 0 Å². The number of carboxylic acids is 1. The lowest BCUT2D eigenvalue weighted by Gasteiger charge is -2.28. The number of aliphatic carboxylic acids is 1. The minimum Gasteiger partial charge on any atom is -0.481 e. The van der Waals surface area contributed by atoms with Crippen LogP contribution in [0.3, 0.4) is 0 Å². The largest absolute Gasteiger partial charge is 0.481 e. The van der Waals surface area contributed by atoms with Crippen molar-refractivity contribution in [3.8, 4) is 0 Å². The molecule has 0 unspecified atom stereocenters. The van der Waals surface area contributed by atoms with Gasteiger partial charge in [0.1, 0.15) is 29.3 Å². The molecule has 52 heavy (non-hydrogen) atoms. The first-order valence-electron chi connectivity index (χ1n) is 16.8. The molecular weight excluding hydrogens is 680 g/mol. The van der Waals surface area contributed by atoms with E-state index < -0.39 is 83.9 Å². The summed E-state index contributed by atoms with van der Waals surface area (Å²) in [7, 11) is 0. The fourth-order valence-corrected chi connectivity index (χ4v) is 4.88. The van der Waals surface area contributed by atoms with Gasteiger partial charge in [-0.15, -0.1) is 0 Å². The Kier molecular flexibility index (Phi) is 16.0. The van der Waals surface area contributed by atoms with E-state index in [2.05, 4.69) is 31.6 Å². The Morgan fingerprint density at radius 1 is 0.981 bits per heavy atom. The number of hydrogen-bond donors (Lipinski definition) is 8. The highest BCUT2D eigenvalue weighted by molar-refractivity contribution is 6.01. The van der Waals surface area contributed by atoms with Gasteiger partial charge < -0.3 is 47.0 Å². The summed E-state index contributed by atoms with van der Waals surface area (Å²) in [4.78, 5) is 92.1. The fraction of sp³-hybridized carbons (Fsp3) is 0.529. The number of benzene rings is 1. The van der Waals surface area contributed by atoms with Crippen molar-refractivity contribution in [1.82, 2.24) is 21.3 Å². The van der Waals surface area contributed by atoms with Gasteiger partial charge in [-0.05, 0) is 70.6 Å². The van der Waals surface area contributed by atoms with E-state index >= 15 is 0 Å². The lowest BCUT2D eigenvalue weighted by Crippen LogP contribution is -2.57. The maximum atomic E-state index is 13.3. The maximum Gasteiger partial charge on any atom is 0.408 e. The molecule has 286 valence electrons. The van der Waals surface area contributed by atoms with E-state index in [4.69, 9.17) is 20.6 Å². The van der Waals surface area contributed by atoms with Crippen LogP contribution in [0.1, 0.15) is 72.3 Å². The Bertz CT molecular complexity index is 1700. The number of rotatable bonds is 18. The summed E-state index contributed by atoms with van der Waals surface area (Å²) in [5, 5.41) is 22.5. The second kappa shape index (κ2) is 19.6. The highest BCUT2D eigenvalue weighted by Crippen LogP contribution is 2.22. The normalized spacial score (nSPS) is 13.4. The standard InChI is InChI=1S/C34H50N8O10/c1-7-18(2)28(42-33(50)52-34(4,5)6)31(49)40-23(12-13-26(44)45)29(47)38-17-25(43)41-30(48)22(9-8-14-37-32(35)36)39-20-10-11-21-19(3)15-27(46)51-24(21)16-20/h10-11,15-16,18,22-23,28,39H,7-9,12-14,17H2,1-6H3,(H,38,47)(H,40,49)(H,42,50)(H,44,45)(H4,35,36,37)(H,41,43,48)/t18-,22-,23-,28-/m0/s1. The zero-order chi connectivity index (χ0) is 39.2. The van der Waals surface area contributed by atoms with Gasteiger partial charge in [0.15, 0.2) is 5.96 Å². The number of anilines is 1. The van der Waals surface area contributed by atoms with Gasteiger partial charge in [-0.3, -0.25) is 34.3 Å². The van der Waals surface area contributed by atoms with Crippen LogP contribution >= 0.6 is 0 Å². The van der Waals surface area contributed by atoms with Gasteiger partial charge in [-0.25, -0.2) is 9.59 Å². The van der Waals surface area contributed by atoms with E-state index in [-0.39, 0.29) is 30.9 Å². The molecule has 18 nitrogen and oxygen atoms in total. The number of carbonyl (C=O) groups excluding carboxylic acids is 5. The van der Waals surface area contributed by atoms with E-state index in [0.717, 1.165) is 0 Å². The average Bonchev–Trinajstić information content (AvgIpc) is 3.03. The molecule has 0 fully saturated rings. The molecule has 0 aliphatic heterocycles. The Hall–Kier alpha value is -5.68. The van der Waals surface area contributed by atoms with Gasteiger partial charge in [0.2, 0.25) is 23.6 Å². The number of fused-ring (bicyclic) bond motifs is 1. The number of ether oxygens (including phenoxy) is 1. The molecule has 0 saturated carbocycles. The number of nitrogens with zero attached hydrogens (tertiary/aromatic N) is 1. The van der Waals surface area contributed by atoms with Crippen LogP contribution in [-0.4, -0.2) is 83.6 Å². The van der Waals surface area contributed by atoms with Crippen LogP contribution in [0, 0.1) is 12.8 Å². The van der Waals surface area contributed by atoms with Crippen molar-refractivity contribution >= 4 is 58.3 Å². The molecule has 1 heterocycles. The van der Waals surface area contributed by atoms with Crippen molar-refractivity contribution in [1.29, 1.82) is 0 Å². The molecule has 0 saturated heterocycles. The number of imide groups is 1. The lowest BCUT2D eigenvalue weighted by molar-refractivity contribution is -0.138. The first kappa shape index (κ1) is 42.5. The molecular formula is C34H50N8O10. The van der Waals surface area contributed by atoms with Gasteiger partial charge in [-0.2, -0.15) is 0 Å². The number of carboxylic acid groups (broad SMARTS) is 1. The quantitative estimate of drug-likeness (QED) is 0.0460. The minimum absolute atomic E-state index is 0.132. The number of hydrogen-bond acceptors (Lipinski definition) is 11. The van der Waals surface area contributed by atoms with E-state index in [9.17, 15) is 38.7 Å². The van der Waals surface area contributed by atoms with Crippen LogP contribution in [0.5, 0.6) is 0 Å². The van der Waals surface area contributed by atoms with Crippen LogP contribution in [0.4, 0.5) is 10.5 Å². The first-order chi connectivity index (χ1) is 24.3. The van der Waals surface area contributed by atoms with Crippen molar-refractivity contribution in [3.05, 3.63) is 40.2 Å². The molecule has 0 spiro atoms. The number of alkyl carbamates (subject to hydrolysis) is 1. The summed E-state index contributed by atoms with van der Waals surface area (Å²) in [6.45, 7) is 9.71. The summed E-state index contributed by atoms with van der Waals surface area (Å²) in [6.07, 6.45) is -0.721. The number of aryl methyl sites for hydroxylation is 1. The molecule has 1 aromatic carbocycles. The Morgan fingerprint density at radius 2 is 1.67 bits per heavy atom. The maximum absolute atomic E-state index is 13.3. The number of guanidine groups is 1. The monoisotopic (exact) mass is 730 g/mol. The minimum atomic E-state index is -1.40. The summed E-state index contributed by atoms with van der Waals surface area (Å²) in [5.74, 6) is -5.07. The van der Waals surface area contributed by atoms with Gasteiger partial charge in [0.05, 0.1) is 6.54 Å². The average molecular weight is 731 g/mol. The Labute approximate surface area is 300 Å². The number of carbonyl (C=O) groups is 6. The van der Waals surface area contributed by atoms with Gasteiger partial charge >= 0.3 is 17.7 Å².